The highest BCUT2D eigenvalue weighted by molar-refractivity contribution is 7.07. The first-order chi connectivity index (χ1) is 9.20. The summed E-state index contributed by atoms with van der Waals surface area (Å²) in [6.45, 7) is 3.58. The van der Waals surface area contributed by atoms with Crippen LogP contribution >= 0.6 is 11.3 Å². The molecule has 0 fully saturated rings. The molecule has 1 heterocycles. The van der Waals surface area contributed by atoms with Gasteiger partial charge in [-0.1, -0.05) is 0 Å². The van der Waals surface area contributed by atoms with E-state index >= 15 is 0 Å². The van der Waals surface area contributed by atoms with E-state index in [1.807, 2.05) is 49.7 Å². The molecule has 0 bridgehead atoms. The van der Waals surface area contributed by atoms with E-state index in [0.29, 0.717) is 6.54 Å². The van der Waals surface area contributed by atoms with Gasteiger partial charge < -0.3 is 10.2 Å². The van der Waals surface area contributed by atoms with Gasteiger partial charge in [-0.15, -0.1) is 0 Å². The van der Waals surface area contributed by atoms with Crippen molar-refractivity contribution in [3.63, 3.8) is 0 Å². The first kappa shape index (κ1) is 13.6. The van der Waals surface area contributed by atoms with Crippen LogP contribution in [0.4, 0.5) is 5.69 Å². The fourth-order valence-electron chi connectivity index (χ4n) is 1.88. The number of thiophene rings is 1. The van der Waals surface area contributed by atoms with Crippen molar-refractivity contribution in [2.75, 3.05) is 18.9 Å². The highest BCUT2D eigenvalue weighted by Crippen LogP contribution is 2.13. The van der Waals surface area contributed by atoms with E-state index in [1.165, 1.54) is 5.56 Å². The van der Waals surface area contributed by atoms with Crippen molar-refractivity contribution < 1.29 is 4.79 Å². The Hall–Kier alpha value is -1.81. The van der Waals surface area contributed by atoms with Crippen LogP contribution in [-0.2, 0) is 6.54 Å². The molecule has 3 nitrogen and oxygen atoms in total. The predicted molar refractivity (Wildman–Crippen MR) is 80.7 cm³/mol. The quantitative estimate of drug-likeness (QED) is 0.905. The molecule has 0 aliphatic heterocycles. The highest BCUT2D eigenvalue weighted by Gasteiger charge is 2.11. The Morgan fingerprint density at radius 2 is 2.00 bits per heavy atom. The molecule has 0 aliphatic rings. The predicted octanol–water partition coefficient (Wildman–Crippen LogP) is 3.45. The number of nitrogens with one attached hydrogen (secondary N) is 1. The molecule has 0 saturated carbocycles. The number of amides is 1. The smallest absolute Gasteiger partial charge is 0.253 e. The third kappa shape index (κ3) is 3.58. The Morgan fingerprint density at radius 1 is 1.26 bits per heavy atom. The molecule has 19 heavy (non-hydrogen) atoms. The Labute approximate surface area is 117 Å². The monoisotopic (exact) mass is 274 g/mol. The first-order valence-corrected chi connectivity index (χ1v) is 7.25. The molecule has 1 aromatic carbocycles. The Kier molecular flexibility index (Phi) is 4.58. The second-order valence-corrected chi connectivity index (χ2v) is 5.18. The molecular weight excluding hydrogens is 256 g/mol. The van der Waals surface area contributed by atoms with Crippen molar-refractivity contribution in [3.8, 4) is 0 Å². The molecule has 2 aromatic rings. The van der Waals surface area contributed by atoms with Crippen LogP contribution in [0.1, 0.15) is 22.8 Å². The third-order valence-electron chi connectivity index (χ3n) is 2.86. The van der Waals surface area contributed by atoms with Gasteiger partial charge in [0.05, 0.1) is 0 Å². The Balaban J connectivity index is 2.02. The van der Waals surface area contributed by atoms with Crippen molar-refractivity contribution in [1.82, 2.24) is 4.90 Å². The van der Waals surface area contributed by atoms with Crippen LogP contribution in [0.2, 0.25) is 0 Å². The van der Waals surface area contributed by atoms with Gasteiger partial charge in [-0.2, -0.15) is 11.3 Å². The lowest BCUT2D eigenvalue weighted by Gasteiger charge is -2.16. The molecule has 1 N–H and O–H groups in total. The zero-order valence-corrected chi connectivity index (χ0v) is 12.0. The van der Waals surface area contributed by atoms with Gasteiger partial charge in [-0.3, -0.25) is 4.79 Å². The summed E-state index contributed by atoms with van der Waals surface area (Å²) < 4.78 is 0. The van der Waals surface area contributed by atoms with E-state index in [9.17, 15) is 4.79 Å². The van der Waals surface area contributed by atoms with E-state index in [1.54, 1.807) is 16.2 Å². The maximum atomic E-state index is 12.2. The van der Waals surface area contributed by atoms with Crippen LogP contribution in [0.25, 0.3) is 0 Å². The van der Waals surface area contributed by atoms with Crippen molar-refractivity contribution in [2.24, 2.45) is 0 Å². The summed E-state index contributed by atoms with van der Waals surface area (Å²) in [6.07, 6.45) is 0. The lowest BCUT2D eigenvalue weighted by molar-refractivity contribution is 0.0785. The van der Waals surface area contributed by atoms with E-state index in [4.69, 9.17) is 0 Å². The molecule has 4 heteroatoms. The number of hydrogen-bond donors (Lipinski definition) is 1. The molecule has 2 rings (SSSR count). The molecular formula is C15H18N2OS. The largest absolute Gasteiger partial charge is 0.385 e. The zero-order chi connectivity index (χ0) is 13.7. The molecule has 1 aromatic heterocycles. The Morgan fingerprint density at radius 3 is 2.58 bits per heavy atom. The molecule has 0 radical (unpaired) electrons. The summed E-state index contributed by atoms with van der Waals surface area (Å²) in [5, 5.41) is 7.31. The van der Waals surface area contributed by atoms with Gasteiger partial charge in [-0.05, 0) is 53.6 Å². The number of carbonyl (C=O) groups excluding carboxylic acids is 1. The molecule has 0 spiro atoms. The molecule has 100 valence electrons. The normalized spacial score (nSPS) is 10.2. The summed E-state index contributed by atoms with van der Waals surface area (Å²) in [5.74, 6) is 0.0502. The van der Waals surface area contributed by atoms with Crippen molar-refractivity contribution in [1.29, 1.82) is 0 Å². The zero-order valence-electron chi connectivity index (χ0n) is 11.2. The number of hydrogen-bond acceptors (Lipinski definition) is 3. The first-order valence-electron chi connectivity index (χ1n) is 6.31. The molecule has 0 aliphatic carbocycles. The van der Waals surface area contributed by atoms with Gasteiger partial charge >= 0.3 is 0 Å². The fraction of sp³-hybridized carbons (Fsp3) is 0.267. The summed E-state index contributed by atoms with van der Waals surface area (Å²) >= 11 is 1.65. The van der Waals surface area contributed by atoms with E-state index in [2.05, 4.69) is 10.7 Å². The number of rotatable bonds is 5. The van der Waals surface area contributed by atoms with Crippen LogP contribution < -0.4 is 5.32 Å². The van der Waals surface area contributed by atoms with Gasteiger partial charge in [0.1, 0.15) is 0 Å². The topological polar surface area (TPSA) is 32.3 Å². The molecule has 0 atom stereocenters. The maximum absolute atomic E-state index is 12.2. The standard InChI is InChI=1S/C15H18N2OS/c1-3-16-14-6-4-13(5-7-14)15(18)17(2)10-12-8-9-19-11-12/h4-9,11,16H,3,10H2,1-2H3. The van der Waals surface area contributed by atoms with Gasteiger partial charge in [0.2, 0.25) is 0 Å². The van der Waals surface area contributed by atoms with Crippen LogP contribution in [0.15, 0.2) is 41.1 Å². The van der Waals surface area contributed by atoms with E-state index in [0.717, 1.165) is 17.8 Å². The summed E-state index contributed by atoms with van der Waals surface area (Å²) in [4.78, 5) is 14.0. The van der Waals surface area contributed by atoms with Gasteiger partial charge in [0.15, 0.2) is 0 Å². The van der Waals surface area contributed by atoms with Crippen LogP contribution in [-0.4, -0.2) is 24.4 Å². The second kappa shape index (κ2) is 6.38. The summed E-state index contributed by atoms with van der Waals surface area (Å²) in [7, 11) is 1.83. The summed E-state index contributed by atoms with van der Waals surface area (Å²) in [5.41, 5.74) is 2.93. The minimum Gasteiger partial charge on any atom is -0.385 e. The van der Waals surface area contributed by atoms with Gasteiger partial charge in [0.25, 0.3) is 5.91 Å². The average molecular weight is 274 g/mol. The van der Waals surface area contributed by atoms with Crippen molar-refractivity contribution in [3.05, 3.63) is 52.2 Å². The number of nitrogens with zero attached hydrogens (tertiary/aromatic N) is 1. The lowest BCUT2D eigenvalue weighted by Crippen LogP contribution is -2.25. The minimum absolute atomic E-state index is 0.0502. The van der Waals surface area contributed by atoms with Gasteiger partial charge in [0, 0.05) is 31.4 Å². The molecule has 1 amide bonds. The highest BCUT2D eigenvalue weighted by atomic mass is 32.1. The van der Waals surface area contributed by atoms with Crippen LogP contribution in [0.5, 0.6) is 0 Å². The summed E-state index contributed by atoms with van der Waals surface area (Å²) in [6, 6.07) is 9.65. The second-order valence-electron chi connectivity index (χ2n) is 4.40. The number of carbonyl (C=O) groups is 1. The van der Waals surface area contributed by atoms with E-state index in [-0.39, 0.29) is 5.91 Å². The van der Waals surface area contributed by atoms with Crippen molar-refractivity contribution >= 4 is 22.9 Å². The maximum Gasteiger partial charge on any atom is 0.253 e. The van der Waals surface area contributed by atoms with Crippen LogP contribution in [0.3, 0.4) is 0 Å². The lowest BCUT2D eigenvalue weighted by atomic mass is 10.1. The average Bonchev–Trinajstić information content (AvgIpc) is 2.92. The van der Waals surface area contributed by atoms with Crippen LogP contribution in [0, 0.1) is 0 Å². The minimum atomic E-state index is 0.0502. The fourth-order valence-corrected chi connectivity index (χ4v) is 2.54. The SMILES string of the molecule is CCNc1ccc(C(=O)N(C)Cc2ccsc2)cc1. The number of anilines is 1. The molecule has 0 saturated heterocycles. The van der Waals surface area contributed by atoms with E-state index < -0.39 is 0 Å². The molecule has 0 unspecified atom stereocenters. The Bertz CT molecular complexity index is 520. The number of benzene rings is 1. The van der Waals surface area contributed by atoms with Gasteiger partial charge in [-0.25, -0.2) is 0 Å². The van der Waals surface area contributed by atoms with Crippen molar-refractivity contribution in [2.45, 2.75) is 13.5 Å². The third-order valence-corrected chi connectivity index (χ3v) is 3.59.